The number of aliphatic hydroxyl groups excluding tert-OH is 5. The van der Waals surface area contributed by atoms with Crippen LogP contribution in [0.2, 0.25) is 0 Å². The number of carboxylic acids is 2. The van der Waals surface area contributed by atoms with Crippen molar-refractivity contribution in [1.82, 2.24) is 34.9 Å². The van der Waals surface area contributed by atoms with Gasteiger partial charge in [-0.1, -0.05) is 215 Å². The van der Waals surface area contributed by atoms with Gasteiger partial charge in [-0.3, -0.25) is 19.7 Å². The van der Waals surface area contributed by atoms with E-state index in [4.69, 9.17) is 64.5 Å². The van der Waals surface area contributed by atoms with E-state index in [0.29, 0.717) is 0 Å². The second-order valence-electron chi connectivity index (χ2n) is 25.1. The summed E-state index contributed by atoms with van der Waals surface area (Å²) in [5, 5.41) is 78.3. The summed E-state index contributed by atoms with van der Waals surface area (Å²) in [6.45, 7) is 0.688. The van der Waals surface area contributed by atoms with E-state index in [9.17, 15) is 24.9 Å². The molecule has 3 unspecified atom stereocenters. The number of carbonyl (C=O) groups is 2. The number of carboxylic acid groups (broad SMARTS) is 2. The van der Waals surface area contributed by atoms with Crippen LogP contribution in [0.1, 0.15) is 46.4 Å². The summed E-state index contributed by atoms with van der Waals surface area (Å²) >= 11 is 0. The van der Waals surface area contributed by atoms with Gasteiger partial charge in [0.2, 0.25) is 0 Å². The maximum atomic E-state index is 10.1. The number of aromatic carboxylic acids is 1. The maximum absolute atomic E-state index is 10.1. The Labute approximate surface area is 690 Å². The summed E-state index contributed by atoms with van der Waals surface area (Å²) in [5.74, 6) is 0.433. The fraction of sp³-hybridized carbons (Fsp3) is 0.170. The Morgan fingerprint density at radius 3 is 1.04 bits per heavy atom. The van der Waals surface area contributed by atoms with Crippen LogP contribution in [-0.4, -0.2) is 143 Å². The zero-order chi connectivity index (χ0) is 77.2. The average Bonchev–Trinajstić information content (AvgIpc) is 0.961. The van der Waals surface area contributed by atoms with E-state index >= 15 is 0 Å². The molecule has 1 saturated heterocycles. The first-order valence-corrected chi connectivity index (χ1v) is 34.9. The fourth-order valence-electron chi connectivity index (χ4n) is 12.6. The molecule has 17 rings (SSSR count). The van der Waals surface area contributed by atoms with Crippen molar-refractivity contribution in [2.45, 2.75) is 57.7 Å². The van der Waals surface area contributed by atoms with Gasteiger partial charge in [0.25, 0.3) is 5.97 Å². The number of aliphatic hydroxyl groups is 5. The van der Waals surface area contributed by atoms with Crippen molar-refractivity contribution in [1.29, 1.82) is 0 Å². The Bertz CT molecular complexity index is 5420. The largest absolute Gasteiger partial charge is 0.650 e. The van der Waals surface area contributed by atoms with E-state index < -0.39 is 30.6 Å². The number of aliphatic carboxylic acids is 1. The molecule has 0 bridgehead atoms. The van der Waals surface area contributed by atoms with Crippen LogP contribution in [-0.2, 0) is 94.4 Å². The maximum Gasteiger partial charge on any atom is 0.354 e. The molecule has 25 heteroatoms. The van der Waals surface area contributed by atoms with Crippen LogP contribution < -0.4 is 14.2 Å². The molecule has 1 fully saturated rings. The third-order valence-corrected chi connectivity index (χ3v) is 18.2. The number of rotatable bonds is 15. The van der Waals surface area contributed by atoms with Crippen LogP contribution in [0.15, 0.2) is 225 Å². The molecule has 0 amide bonds. The molecule has 16 aromatic rings. The second-order valence-corrected chi connectivity index (χ2v) is 25.1. The van der Waals surface area contributed by atoms with Gasteiger partial charge < -0.3 is 79.7 Å². The van der Waals surface area contributed by atoms with Crippen molar-refractivity contribution in [3.63, 3.8) is 0 Å². The van der Waals surface area contributed by atoms with E-state index in [2.05, 4.69) is 38.0 Å². The van der Waals surface area contributed by atoms with Crippen molar-refractivity contribution in [2.75, 3.05) is 42.1 Å². The number of aromatic nitrogens is 7. The zero-order valence-electron chi connectivity index (χ0n) is 61.6. The van der Waals surface area contributed by atoms with E-state index in [1.54, 1.807) is 33.5 Å². The number of hydrogen-bond donors (Lipinski definition) is 7. The smallest absolute Gasteiger partial charge is 0.354 e. The third kappa shape index (κ3) is 20.4. The SMILES string of the molecule is COC(O)CC(O)OC.COc1c[c-]c2c(c1)c1cc(CO)ccc1c1nc(-c3ccccc3)cnc21.COc1c[c-]c2c(c1)c1cc(CO)ccc1c1nc(-c3ccccc3)cnc21.COc1c[c-]c2c(c1)c1cc(CO)ccc1c1nc(-c3ccccc3)cnc21.O=C(O)C1CCC[N-]1.O=C(O)c1ccccn1.[Ir].[Ir].[Ir]. The first-order chi connectivity index (χ1) is 53.6. The van der Waals surface area contributed by atoms with Crippen LogP contribution in [0.25, 0.3) is 137 Å². The molecule has 4 aromatic heterocycles. The molecule has 1 aliphatic rings. The van der Waals surface area contributed by atoms with Gasteiger partial charge in [-0.05, 0) is 51.0 Å². The fourth-order valence-corrected chi connectivity index (χ4v) is 12.6. The van der Waals surface area contributed by atoms with E-state index in [-0.39, 0.29) is 92.3 Å². The first kappa shape index (κ1) is 86.3. The standard InChI is InChI=1S/3C24H17N2O2.C6H5NO2.C5H8NO2.C5H12O4.3Ir/c3*1-28-17-8-10-18-21(12-17)20-11-15(14-27)7-9-19(20)24-23(18)25-13-22(26-24)16-5-3-2-4-6-16;8-6(9)5-3-1-2-4-7-5;7-5(8)4-2-1-3-6-4;1-8-4(6)3-5(7)9-2;;;/h3*2-9,11-13,27H,14H2,1H3;1-4H,(H,8,9);4H,1-3H2,(H,7,8);4-7H,3H2,1-2H3;;;/q3*-1;;-1;;;;. The molecule has 583 valence electrons. The van der Waals surface area contributed by atoms with E-state index in [1.165, 1.54) is 26.5 Å². The molecule has 0 saturated carbocycles. The molecule has 3 radical (unpaired) electrons. The van der Waals surface area contributed by atoms with Crippen molar-refractivity contribution in [3.8, 4) is 51.0 Å². The van der Waals surface area contributed by atoms with Gasteiger partial charge in [0.15, 0.2) is 12.6 Å². The zero-order valence-corrected chi connectivity index (χ0v) is 68.8. The molecule has 5 heterocycles. The van der Waals surface area contributed by atoms with Gasteiger partial charge in [0.05, 0.1) is 74.8 Å². The van der Waals surface area contributed by atoms with Crippen molar-refractivity contribution in [2.24, 2.45) is 0 Å². The van der Waals surface area contributed by atoms with Crippen molar-refractivity contribution in [3.05, 3.63) is 271 Å². The number of benzene rings is 12. The topological polar surface area (TPSA) is 326 Å². The number of methoxy groups -OCH3 is 5. The van der Waals surface area contributed by atoms with Gasteiger partial charge in [-0.2, -0.15) is 0 Å². The number of pyridine rings is 1. The van der Waals surface area contributed by atoms with Gasteiger partial charge in [0, 0.05) is 156 Å². The molecule has 22 nitrogen and oxygen atoms in total. The normalized spacial score (nSPS) is 12.5. The summed E-state index contributed by atoms with van der Waals surface area (Å²) < 4.78 is 25.1. The van der Waals surface area contributed by atoms with Crippen LogP contribution >= 0.6 is 0 Å². The quantitative estimate of drug-likeness (QED) is 0.0285. The molecule has 0 aliphatic carbocycles. The number of hydrogen-bond acceptors (Lipinski definition) is 19. The van der Waals surface area contributed by atoms with E-state index in [1.807, 2.05) is 201 Å². The van der Waals surface area contributed by atoms with Gasteiger partial charge in [-0.25, -0.2) is 9.78 Å². The average molecular weight is 2050 g/mol. The minimum absolute atomic E-state index is 0. The molecule has 0 spiro atoms. The summed E-state index contributed by atoms with van der Waals surface area (Å²) in [6.07, 6.45) is 6.73. The molecule has 7 N–H and O–H groups in total. The Kier molecular flexibility index (Phi) is 31.5. The molecular formula is C88H76Ir3N8O14-4. The van der Waals surface area contributed by atoms with Gasteiger partial charge >= 0.3 is 5.97 Å². The molecule has 3 atom stereocenters. The Morgan fingerprint density at radius 1 is 0.434 bits per heavy atom. The van der Waals surface area contributed by atoms with Crippen LogP contribution in [0.5, 0.6) is 17.2 Å². The van der Waals surface area contributed by atoms with Crippen molar-refractivity contribution < 1.29 is 129 Å². The number of ether oxygens (including phenoxy) is 5. The number of fused-ring (bicyclic) bond motifs is 18. The third-order valence-electron chi connectivity index (χ3n) is 18.2. The summed E-state index contributed by atoms with van der Waals surface area (Å²) in [4.78, 5) is 52.9. The summed E-state index contributed by atoms with van der Waals surface area (Å²) in [7, 11) is 7.64. The van der Waals surface area contributed by atoms with E-state index in [0.717, 1.165) is 185 Å². The molecular weight excluding hydrogens is 1970 g/mol. The predicted molar refractivity (Wildman–Crippen MR) is 425 cm³/mol. The predicted octanol–water partition coefficient (Wildman–Crippen LogP) is 15.4. The first-order valence-electron chi connectivity index (χ1n) is 34.9. The minimum atomic E-state index is -0.990. The Balaban J connectivity index is 0.000000166. The summed E-state index contributed by atoms with van der Waals surface area (Å²) in [5.41, 5.74) is 13.1. The molecule has 1 aliphatic heterocycles. The monoisotopic (exact) mass is 2050 g/mol. The Hall–Kier alpha value is -10.7. The second kappa shape index (κ2) is 41.2. The van der Waals surface area contributed by atoms with Gasteiger partial charge in [-0.15, -0.1) is 59.1 Å². The van der Waals surface area contributed by atoms with Crippen LogP contribution in [0.3, 0.4) is 0 Å². The van der Waals surface area contributed by atoms with Gasteiger partial charge in [0.1, 0.15) is 5.69 Å². The number of nitrogens with zero attached hydrogens (tertiary/aromatic N) is 8. The molecule has 12 aromatic carbocycles. The Morgan fingerprint density at radius 2 is 0.779 bits per heavy atom. The van der Waals surface area contributed by atoms with Crippen molar-refractivity contribution >= 4 is 110 Å². The van der Waals surface area contributed by atoms with Crippen LogP contribution in [0, 0.1) is 18.2 Å². The minimum Gasteiger partial charge on any atom is -0.650 e. The molecule has 113 heavy (non-hydrogen) atoms. The van der Waals surface area contributed by atoms with Crippen LogP contribution in [0.4, 0.5) is 0 Å². The summed E-state index contributed by atoms with van der Waals surface area (Å²) in [6, 6.07) is 73.6.